The minimum Gasteiger partial charge on any atom is -0.375 e. The van der Waals surface area contributed by atoms with E-state index < -0.39 is 23.2 Å². The molecule has 2 aromatic carbocycles. The number of benzene rings is 2. The molecule has 0 atom stereocenters. The zero-order chi connectivity index (χ0) is 25.6. The summed E-state index contributed by atoms with van der Waals surface area (Å²) in [6.07, 6.45) is 1.56. The van der Waals surface area contributed by atoms with Crippen molar-refractivity contribution in [1.82, 2.24) is 8.99 Å². The monoisotopic (exact) mass is 509 g/mol. The highest BCUT2D eigenvalue weighted by atomic mass is 35.5. The highest BCUT2D eigenvalue weighted by Crippen LogP contribution is 2.40. The molecule has 0 radical (unpaired) electrons. The van der Waals surface area contributed by atoms with E-state index in [1.165, 1.54) is 15.9 Å². The second kappa shape index (κ2) is 9.31. The van der Waals surface area contributed by atoms with Crippen LogP contribution in [0.4, 0.5) is 33.0 Å². The van der Waals surface area contributed by atoms with Gasteiger partial charge in [-0.2, -0.15) is 0 Å². The summed E-state index contributed by atoms with van der Waals surface area (Å²) < 4.78 is 15.9. The van der Waals surface area contributed by atoms with Crippen LogP contribution in [-0.4, -0.2) is 47.0 Å². The lowest BCUT2D eigenvalue weighted by Gasteiger charge is -2.24. The fourth-order valence-corrected chi connectivity index (χ4v) is 4.54. The van der Waals surface area contributed by atoms with Gasteiger partial charge in [0, 0.05) is 43.2 Å². The van der Waals surface area contributed by atoms with Crippen molar-refractivity contribution in [2.24, 2.45) is 0 Å². The van der Waals surface area contributed by atoms with Crippen molar-refractivity contribution in [2.45, 2.75) is 25.8 Å². The SMILES string of the molecule is CCN(C)c1ccc(Nc2cc(=O)n(Cl)c3c2C(=O)N(C2CC2)CC(=O)N3c2ccccc2)c(F)c1. The second-order valence-corrected chi connectivity index (χ2v) is 9.25. The molecule has 1 N–H and O–H groups in total. The van der Waals surface area contributed by atoms with Gasteiger partial charge in [-0.3, -0.25) is 19.3 Å². The van der Waals surface area contributed by atoms with Gasteiger partial charge in [-0.05, 0) is 50.1 Å². The molecule has 8 nitrogen and oxygen atoms in total. The van der Waals surface area contributed by atoms with Gasteiger partial charge >= 0.3 is 0 Å². The van der Waals surface area contributed by atoms with Crippen LogP contribution in [0.25, 0.3) is 0 Å². The molecule has 1 fully saturated rings. The number of halogens is 2. The van der Waals surface area contributed by atoms with E-state index in [2.05, 4.69) is 5.32 Å². The van der Waals surface area contributed by atoms with Crippen LogP contribution in [0.5, 0.6) is 0 Å². The third kappa shape index (κ3) is 4.19. The van der Waals surface area contributed by atoms with Crippen LogP contribution in [0, 0.1) is 5.82 Å². The first-order chi connectivity index (χ1) is 17.3. The average molecular weight is 510 g/mol. The molecule has 0 spiro atoms. The normalized spacial score (nSPS) is 15.6. The lowest BCUT2D eigenvalue weighted by Crippen LogP contribution is -2.39. The van der Waals surface area contributed by atoms with E-state index in [1.807, 2.05) is 18.9 Å². The molecule has 2 amide bonds. The fraction of sp³-hybridized carbons (Fsp3) is 0.269. The van der Waals surface area contributed by atoms with Gasteiger partial charge in [0.25, 0.3) is 17.4 Å². The summed E-state index contributed by atoms with van der Waals surface area (Å²) in [5.41, 5.74) is 0.673. The first-order valence-electron chi connectivity index (χ1n) is 11.7. The van der Waals surface area contributed by atoms with Crippen molar-refractivity contribution in [2.75, 3.05) is 35.3 Å². The van der Waals surface area contributed by atoms with Crippen LogP contribution in [0.3, 0.4) is 0 Å². The number of fused-ring (bicyclic) bond motifs is 1. The summed E-state index contributed by atoms with van der Waals surface area (Å²) in [5.74, 6) is -1.46. The Balaban J connectivity index is 1.69. The van der Waals surface area contributed by atoms with Gasteiger partial charge in [-0.25, -0.2) is 8.48 Å². The van der Waals surface area contributed by atoms with E-state index in [0.29, 0.717) is 17.9 Å². The zero-order valence-corrected chi connectivity index (χ0v) is 20.6. The standard InChI is InChI=1S/C26H25ClFN5O3/c1-3-30(2)18-11-12-20(19(28)13-18)29-21-14-22(34)33(27)25-24(21)26(36)31(16-9-10-16)15-23(35)32(25)17-7-5-4-6-8-17/h4-8,11-14,16,29H,3,9-10,15H2,1-2H3. The number of carbonyl (C=O) groups is 2. The number of amides is 2. The number of aromatic nitrogens is 1. The van der Waals surface area contributed by atoms with Crippen molar-refractivity contribution in [1.29, 1.82) is 0 Å². The third-order valence-corrected chi connectivity index (χ3v) is 6.85. The van der Waals surface area contributed by atoms with E-state index >= 15 is 4.39 Å². The predicted octanol–water partition coefficient (Wildman–Crippen LogP) is 4.47. The summed E-state index contributed by atoms with van der Waals surface area (Å²) in [6, 6.07) is 14.4. The van der Waals surface area contributed by atoms with E-state index in [1.54, 1.807) is 42.5 Å². The molecule has 186 valence electrons. The molecule has 0 saturated heterocycles. The zero-order valence-electron chi connectivity index (χ0n) is 19.9. The molecular weight excluding hydrogens is 485 g/mol. The Labute approximate surface area is 212 Å². The minimum absolute atomic E-state index is 0.0281. The lowest BCUT2D eigenvalue weighted by molar-refractivity contribution is -0.118. The predicted molar refractivity (Wildman–Crippen MR) is 138 cm³/mol. The average Bonchev–Trinajstić information content (AvgIpc) is 3.72. The molecule has 2 aliphatic rings. The largest absolute Gasteiger partial charge is 0.375 e. The molecule has 3 aromatic rings. The Bertz CT molecular complexity index is 1410. The summed E-state index contributed by atoms with van der Waals surface area (Å²) >= 11 is 6.41. The lowest BCUT2D eigenvalue weighted by atomic mass is 10.1. The van der Waals surface area contributed by atoms with Crippen molar-refractivity contribution in [3.8, 4) is 0 Å². The number of carbonyl (C=O) groups excluding carboxylic acids is 2. The smallest absolute Gasteiger partial charge is 0.269 e. The number of rotatable bonds is 6. The van der Waals surface area contributed by atoms with Crippen molar-refractivity contribution in [3.63, 3.8) is 0 Å². The number of hydrogen-bond donors (Lipinski definition) is 1. The van der Waals surface area contributed by atoms with E-state index in [0.717, 1.165) is 23.0 Å². The molecule has 36 heavy (non-hydrogen) atoms. The summed E-state index contributed by atoms with van der Waals surface area (Å²) in [6.45, 7) is 2.49. The highest BCUT2D eigenvalue weighted by molar-refractivity contribution is 6.22. The fourth-order valence-electron chi connectivity index (χ4n) is 4.33. The quantitative estimate of drug-likeness (QED) is 0.530. The molecule has 1 aliphatic heterocycles. The summed E-state index contributed by atoms with van der Waals surface area (Å²) in [4.78, 5) is 44.9. The second-order valence-electron chi connectivity index (χ2n) is 8.91. The number of anilines is 5. The molecule has 1 saturated carbocycles. The van der Waals surface area contributed by atoms with Gasteiger partial charge in [-0.15, -0.1) is 0 Å². The van der Waals surface area contributed by atoms with Crippen LogP contribution in [0.2, 0.25) is 0 Å². The van der Waals surface area contributed by atoms with Crippen molar-refractivity contribution < 1.29 is 14.0 Å². The van der Waals surface area contributed by atoms with Crippen LogP contribution < -0.4 is 20.7 Å². The van der Waals surface area contributed by atoms with Crippen LogP contribution in [-0.2, 0) is 4.79 Å². The highest BCUT2D eigenvalue weighted by Gasteiger charge is 2.42. The topological polar surface area (TPSA) is 77.9 Å². The molecule has 1 aromatic heterocycles. The Kier molecular flexibility index (Phi) is 6.17. The van der Waals surface area contributed by atoms with Gasteiger partial charge in [0.15, 0.2) is 5.82 Å². The summed E-state index contributed by atoms with van der Waals surface area (Å²) in [7, 11) is 1.85. The number of pyridine rings is 1. The van der Waals surface area contributed by atoms with Gasteiger partial charge in [0.2, 0.25) is 0 Å². The molecule has 5 rings (SSSR count). The maximum Gasteiger partial charge on any atom is 0.269 e. The first-order valence-corrected chi connectivity index (χ1v) is 12.1. The maximum absolute atomic E-state index is 15.1. The van der Waals surface area contributed by atoms with Crippen LogP contribution in [0.1, 0.15) is 30.1 Å². The van der Waals surface area contributed by atoms with Crippen LogP contribution >= 0.6 is 11.8 Å². The molecule has 0 unspecified atom stereocenters. The molecule has 10 heteroatoms. The van der Waals surface area contributed by atoms with Crippen molar-refractivity contribution >= 4 is 52.2 Å². The van der Waals surface area contributed by atoms with Gasteiger partial charge in [0.1, 0.15) is 17.9 Å². The van der Waals surface area contributed by atoms with Crippen molar-refractivity contribution in [3.05, 3.63) is 76.3 Å². The molecular formula is C26H25ClFN5O3. The number of para-hydroxylation sites is 1. The molecule has 2 heterocycles. The van der Waals surface area contributed by atoms with E-state index in [-0.39, 0.29) is 35.3 Å². The maximum atomic E-state index is 15.1. The van der Waals surface area contributed by atoms with E-state index in [9.17, 15) is 14.4 Å². The first kappa shape index (κ1) is 23.9. The Morgan fingerprint density at radius 3 is 2.42 bits per heavy atom. The van der Waals surface area contributed by atoms with Gasteiger partial charge < -0.3 is 15.1 Å². The third-order valence-electron chi connectivity index (χ3n) is 6.52. The Hall–Kier alpha value is -3.85. The Morgan fingerprint density at radius 2 is 1.78 bits per heavy atom. The minimum atomic E-state index is -0.665. The van der Waals surface area contributed by atoms with Crippen LogP contribution in [0.15, 0.2) is 59.4 Å². The number of hydrogen-bond acceptors (Lipinski definition) is 5. The summed E-state index contributed by atoms with van der Waals surface area (Å²) in [5, 5.41) is 2.93. The molecule has 1 aliphatic carbocycles. The Morgan fingerprint density at radius 1 is 1.06 bits per heavy atom. The van der Waals surface area contributed by atoms with E-state index in [4.69, 9.17) is 11.8 Å². The van der Waals surface area contributed by atoms with Gasteiger partial charge in [0.05, 0.1) is 17.1 Å². The van der Waals surface area contributed by atoms with Gasteiger partial charge in [-0.1, -0.05) is 18.2 Å². The number of nitrogens with one attached hydrogen (secondary N) is 1. The number of nitrogens with zero attached hydrogens (tertiary/aromatic N) is 4. The molecule has 0 bridgehead atoms.